The first-order valence-corrected chi connectivity index (χ1v) is 11.6. The number of hydrogen-bond donors (Lipinski definition) is 1. The standard InChI is InChI=1S/C22H27FN2O6S/c1-7-25(8-2)32(29,30)16-9-10-18(23)17(11-16)22(28)31-15(6)21(27)20-12(3)19(14(5)26)13(4)24-20/h9-11,15,24H,7-8H2,1-6H3/t15-/m0/s1. The zero-order valence-corrected chi connectivity index (χ0v) is 19.7. The van der Waals surface area contributed by atoms with Crippen molar-refractivity contribution in [1.82, 2.24) is 9.29 Å². The molecule has 174 valence electrons. The fourth-order valence-electron chi connectivity index (χ4n) is 3.54. The second-order valence-corrected chi connectivity index (χ2v) is 9.26. The topological polar surface area (TPSA) is 114 Å². The van der Waals surface area contributed by atoms with Gasteiger partial charge in [-0.3, -0.25) is 9.59 Å². The highest BCUT2D eigenvalue weighted by atomic mass is 32.2. The zero-order chi connectivity index (χ0) is 24.4. The lowest BCUT2D eigenvalue weighted by Gasteiger charge is -2.19. The van der Waals surface area contributed by atoms with Crippen molar-refractivity contribution in [2.45, 2.75) is 52.5 Å². The van der Waals surface area contributed by atoms with Crippen LogP contribution >= 0.6 is 0 Å². The van der Waals surface area contributed by atoms with Crippen molar-refractivity contribution in [2.75, 3.05) is 13.1 Å². The zero-order valence-electron chi connectivity index (χ0n) is 18.9. The molecule has 0 saturated heterocycles. The van der Waals surface area contributed by atoms with Crippen LogP contribution in [0, 0.1) is 19.7 Å². The van der Waals surface area contributed by atoms with Crippen molar-refractivity contribution in [3.8, 4) is 0 Å². The molecule has 0 aliphatic heterocycles. The average molecular weight is 467 g/mol. The number of nitrogens with zero attached hydrogens (tertiary/aromatic N) is 1. The molecule has 1 aromatic heterocycles. The number of nitrogens with one attached hydrogen (secondary N) is 1. The number of sulfonamides is 1. The molecule has 0 aliphatic carbocycles. The van der Waals surface area contributed by atoms with Gasteiger partial charge in [0, 0.05) is 24.3 Å². The quantitative estimate of drug-likeness (QED) is 0.447. The molecule has 0 aliphatic rings. The predicted octanol–water partition coefficient (Wildman–Crippen LogP) is 3.43. The highest BCUT2D eigenvalue weighted by Crippen LogP contribution is 2.23. The number of hydrogen-bond acceptors (Lipinski definition) is 6. The minimum Gasteiger partial charge on any atom is -0.451 e. The molecule has 0 fully saturated rings. The molecule has 1 atom stereocenters. The summed E-state index contributed by atoms with van der Waals surface area (Å²) in [7, 11) is -3.92. The van der Waals surface area contributed by atoms with Crippen LogP contribution in [-0.4, -0.2) is 54.4 Å². The first-order chi connectivity index (χ1) is 14.9. The third-order valence-electron chi connectivity index (χ3n) is 5.19. The lowest BCUT2D eigenvalue weighted by atomic mass is 10.0. The van der Waals surface area contributed by atoms with Crippen LogP contribution in [0.2, 0.25) is 0 Å². The number of Topliss-reactive ketones (excluding diaryl/α,β-unsaturated/α-hetero) is 2. The molecule has 0 unspecified atom stereocenters. The Morgan fingerprint density at radius 2 is 1.75 bits per heavy atom. The Hall–Kier alpha value is -2.85. The van der Waals surface area contributed by atoms with Crippen LogP contribution in [0.1, 0.15) is 70.2 Å². The van der Waals surface area contributed by atoms with Gasteiger partial charge in [-0.2, -0.15) is 4.31 Å². The van der Waals surface area contributed by atoms with E-state index in [0.717, 1.165) is 18.2 Å². The third kappa shape index (κ3) is 4.81. The lowest BCUT2D eigenvalue weighted by molar-refractivity contribution is 0.0312. The summed E-state index contributed by atoms with van der Waals surface area (Å²) in [6.45, 7) is 9.68. The maximum absolute atomic E-state index is 14.3. The van der Waals surface area contributed by atoms with Crippen LogP contribution in [0.4, 0.5) is 4.39 Å². The Labute approximate surface area is 186 Å². The number of carbonyl (C=O) groups is 3. The minimum atomic E-state index is -3.92. The van der Waals surface area contributed by atoms with E-state index in [1.807, 2.05) is 0 Å². The Bertz CT molecular complexity index is 1170. The second-order valence-electron chi connectivity index (χ2n) is 7.32. The maximum Gasteiger partial charge on any atom is 0.341 e. The van der Waals surface area contributed by atoms with E-state index < -0.39 is 39.3 Å². The Morgan fingerprint density at radius 3 is 2.25 bits per heavy atom. The first-order valence-electron chi connectivity index (χ1n) is 10.1. The Kier molecular flexibility index (Phi) is 7.74. The van der Waals surface area contributed by atoms with Crippen LogP contribution in [0.25, 0.3) is 0 Å². The number of aryl methyl sites for hydroxylation is 1. The van der Waals surface area contributed by atoms with Gasteiger partial charge >= 0.3 is 5.97 Å². The maximum atomic E-state index is 14.3. The van der Waals surface area contributed by atoms with E-state index in [-0.39, 0.29) is 29.5 Å². The molecule has 0 radical (unpaired) electrons. The second kappa shape index (κ2) is 9.74. The molecular weight excluding hydrogens is 439 g/mol. The molecule has 10 heteroatoms. The number of esters is 1. The molecule has 0 bridgehead atoms. The third-order valence-corrected chi connectivity index (χ3v) is 7.24. The monoisotopic (exact) mass is 466 g/mol. The van der Waals surface area contributed by atoms with Gasteiger partial charge in [-0.05, 0) is 51.5 Å². The molecule has 32 heavy (non-hydrogen) atoms. The highest BCUT2D eigenvalue weighted by Gasteiger charge is 2.29. The number of halogens is 1. The Morgan fingerprint density at radius 1 is 1.16 bits per heavy atom. The van der Waals surface area contributed by atoms with Gasteiger partial charge in [0.1, 0.15) is 5.82 Å². The summed E-state index contributed by atoms with van der Waals surface area (Å²) >= 11 is 0. The van der Waals surface area contributed by atoms with Gasteiger partial charge in [0.15, 0.2) is 11.9 Å². The summed E-state index contributed by atoms with van der Waals surface area (Å²) in [5, 5.41) is 0. The molecule has 0 saturated carbocycles. The minimum absolute atomic E-state index is 0.117. The largest absolute Gasteiger partial charge is 0.451 e. The summed E-state index contributed by atoms with van der Waals surface area (Å²) in [4.78, 5) is 39.7. The molecule has 1 N–H and O–H groups in total. The van der Waals surface area contributed by atoms with Gasteiger partial charge < -0.3 is 9.72 Å². The van der Waals surface area contributed by atoms with Crippen molar-refractivity contribution in [2.24, 2.45) is 0 Å². The number of aromatic nitrogens is 1. The van der Waals surface area contributed by atoms with Gasteiger partial charge in [0.05, 0.1) is 16.2 Å². The molecule has 2 aromatic rings. The van der Waals surface area contributed by atoms with Crippen molar-refractivity contribution >= 4 is 27.6 Å². The molecule has 1 aromatic carbocycles. The first kappa shape index (κ1) is 25.4. The van der Waals surface area contributed by atoms with Crippen molar-refractivity contribution in [3.63, 3.8) is 0 Å². The SMILES string of the molecule is CCN(CC)S(=O)(=O)c1ccc(F)c(C(=O)O[C@@H](C)C(=O)c2[nH]c(C)c(C(C)=O)c2C)c1. The highest BCUT2D eigenvalue weighted by molar-refractivity contribution is 7.89. The summed E-state index contributed by atoms with van der Waals surface area (Å²) in [6.07, 6.45) is -1.30. The molecule has 2 rings (SSSR count). The van der Waals surface area contributed by atoms with E-state index in [9.17, 15) is 27.2 Å². The molecule has 0 amide bonds. The van der Waals surface area contributed by atoms with Crippen LogP contribution in [0.5, 0.6) is 0 Å². The van der Waals surface area contributed by atoms with E-state index in [4.69, 9.17) is 4.74 Å². The smallest absolute Gasteiger partial charge is 0.341 e. The van der Waals surface area contributed by atoms with Gasteiger partial charge in [0.2, 0.25) is 15.8 Å². The number of ether oxygens (including phenoxy) is 1. The number of benzene rings is 1. The summed E-state index contributed by atoms with van der Waals surface area (Å²) in [6, 6.07) is 2.85. The van der Waals surface area contributed by atoms with Crippen LogP contribution in [0.15, 0.2) is 23.1 Å². The van der Waals surface area contributed by atoms with E-state index in [0.29, 0.717) is 16.8 Å². The molecule has 8 nitrogen and oxygen atoms in total. The number of rotatable bonds is 9. The average Bonchev–Trinajstić information content (AvgIpc) is 3.02. The normalized spacial score (nSPS) is 12.6. The molecule has 1 heterocycles. The van der Waals surface area contributed by atoms with Crippen LogP contribution in [0.3, 0.4) is 0 Å². The van der Waals surface area contributed by atoms with Crippen molar-refractivity contribution < 1.29 is 31.9 Å². The summed E-state index contributed by atoms with van der Waals surface area (Å²) in [5.74, 6) is -2.96. The summed E-state index contributed by atoms with van der Waals surface area (Å²) < 4.78 is 46.0. The number of H-pyrrole nitrogens is 1. The van der Waals surface area contributed by atoms with E-state index in [1.165, 1.54) is 18.2 Å². The van der Waals surface area contributed by atoms with Crippen molar-refractivity contribution in [3.05, 3.63) is 52.1 Å². The summed E-state index contributed by atoms with van der Waals surface area (Å²) in [5.41, 5.74) is 0.846. The van der Waals surface area contributed by atoms with E-state index in [2.05, 4.69) is 4.98 Å². The van der Waals surface area contributed by atoms with Gasteiger partial charge in [-0.25, -0.2) is 17.6 Å². The number of ketones is 2. The fourth-order valence-corrected chi connectivity index (χ4v) is 5.02. The van der Waals surface area contributed by atoms with Gasteiger partial charge in [-0.15, -0.1) is 0 Å². The van der Waals surface area contributed by atoms with E-state index in [1.54, 1.807) is 27.7 Å². The van der Waals surface area contributed by atoms with Crippen molar-refractivity contribution in [1.29, 1.82) is 0 Å². The van der Waals surface area contributed by atoms with Gasteiger partial charge in [0.25, 0.3) is 0 Å². The number of aromatic amines is 1. The number of carbonyl (C=O) groups excluding carboxylic acids is 3. The molecular formula is C22H27FN2O6S. The van der Waals surface area contributed by atoms with Crippen LogP contribution < -0.4 is 0 Å². The fraction of sp³-hybridized carbons (Fsp3) is 0.409. The molecule has 0 spiro atoms. The lowest BCUT2D eigenvalue weighted by Crippen LogP contribution is -2.31. The van der Waals surface area contributed by atoms with E-state index >= 15 is 0 Å². The van der Waals surface area contributed by atoms with Crippen LogP contribution in [-0.2, 0) is 14.8 Å². The Balaban J connectivity index is 2.32. The predicted molar refractivity (Wildman–Crippen MR) is 116 cm³/mol. The van der Waals surface area contributed by atoms with Gasteiger partial charge in [-0.1, -0.05) is 13.8 Å².